The molecule has 1 aromatic rings. The largest absolute Gasteiger partial charge is 1.00 e. The molecule has 0 heterocycles. The first kappa shape index (κ1) is 29.7. The summed E-state index contributed by atoms with van der Waals surface area (Å²) >= 11 is 0. The fourth-order valence-corrected chi connectivity index (χ4v) is 3.73. The van der Waals surface area contributed by atoms with Gasteiger partial charge < -0.3 is 19.1 Å². The molecular formula is C22H37NaO6S. The van der Waals surface area contributed by atoms with E-state index < -0.39 is 15.6 Å². The van der Waals surface area contributed by atoms with Crippen LogP contribution in [-0.2, 0) is 10.1 Å². The molecule has 1 N–H and O–H groups in total. The molecular weight excluding hydrogens is 415 g/mol. The van der Waals surface area contributed by atoms with E-state index >= 15 is 0 Å². The van der Waals surface area contributed by atoms with Crippen molar-refractivity contribution >= 4 is 10.1 Å². The minimum Gasteiger partial charge on any atom is -0.746 e. The van der Waals surface area contributed by atoms with Crippen LogP contribution in [0, 0.1) is 0 Å². The van der Waals surface area contributed by atoms with Crippen LogP contribution in [0.5, 0.6) is 11.5 Å². The number of aliphatic hydroxyl groups is 1. The molecule has 0 aliphatic heterocycles. The fraction of sp³-hybridized carbons (Fsp3) is 0.727. The van der Waals surface area contributed by atoms with Crippen molar-refractivity contribution in [1.82, 2.24) is 0 Å². The third-order valence-electron chi connectivity index (χ3n) is 5.00. The zero-order valence-electron chi connectivity index (χ0n) is 18.9. The maximum Gasteiger partial charge on any atom is 1.00 e. The van der Waals surface area contributed by atoms with Gasteiger partial charge in [0.15, 0.2) is 16.9 Å². The van der Waals surface area contributed by atoms with Crippen molar-refractivity contribution in [1.29, 1.82) is 0 Å². The number of hydrogen-bond acceptors (Lipinski definition) is 6. The Hall–Kier alpha value is -0.310. The number of ether oxygens (including phenoxy) is 2. The number of hydrogen-bond donors (Lipinski definition) is 1. The van der Waals surface area contributed by atoms with Gasteiger partial charge in [-0.3, -0.25) is 0 Å². The molecule has 1 rings (SSSR count). The fourth-order valence-electron chi connectivity index (χ4n) is 3.25. The maximum absolute atomic E-state index is 10.9. The Morgan fingerprint density at radius 3 is 1.87 bits per heavy atom. The molecule has 0 aliphatic rings. The van der Waals surface area contributed by atoms with Gasteiger partial charge in [0.1, 0.15) is 10.1 Å². The van der Waals surface area contributed by atoms with Crippen LogP contribution in [0.2, 0.25) is 0 Å². The molecule has 30 heavy (non-hydrogen) atoms. The van der Waals surface area contributed by atoms with E-state index in [0.717, 1.165) is 12.8 Å². The van der Waals surface area contributed by atoms with E-state index in [0.29, 0.717) is 18.1 Å². The van der Waals surface area contributed by atoms with Crippen LogP contribution in [0.1, 0.15) is 95.0 Å². The van der Waals surface area contributed by atoms with Gasteiger partial charge in [-0.2, -0.15) is 0 Å². The van der Waals surface area contributed by atoms with Crippen molar-refractivity contribution in [2.75, 3.05) is 13.7 Å². The van der Waals surface area contributed by atoms with E-state index in [4.69, 9.17) is 9.47 Å². The zero-order chi connectivity index (χ0) is 21.5. The summed E-state index contributed by atoms with van der Waals surface area (Å²) in [6, 6.07) is 4.20. The summed E-state index contributed by atoms with van der Waals surface area (Å²) in [5.74, 6) is 0.763. The number of benzene rings is 1. The molecule has 0 fully saturated rings. The van der Waals surface area contributed by atoms with Gasteiger partial charge in [0.25, 0.3) is 0 Å². The van der Waals surface area contributed by atoms with E-state index in [1.54, 1.807) is 0 Å². The van der Waals surface area contributed by atoms with Crippen molar-refractivity contribution in [3.05, 3.63) is 23.8 Å². The van der Waals surface area contributed by atoms with Crippen molar-refractivity contribution in [3.63, 3.8) is 0 Å². The Labute approximate surface area is 204 Å². The van der Waals surface area contributed by atoms with Crippen LogP contribution < -0.4 is 39.0 Å². The first-order chi connectivity index (χ1) is 13.9. The average Bonchev–Trinajstić information content (AvgIpc) is 2.70. The Bertz CT molecular complexity index is 666. The van der Waals surface area contributed by atoms with Crippen molar-refractivity contribution in [3.8, 4) is 11.5 Å². The molecule has 0 bridgehead atoms. The molecule has 1 unspecified atom stereocenters. The van der Waals surface area contributed by atoms with Crippen LogP contribution in [0.15, 0.2) is 18.2 Å². The monoisotopic (exact) mass is 452 g/mol. The van der Waals surface area contributed by atoms with Gasteiger partial charge in [-0.1, -0.05) is 83.6 Å². The van der Waals surface area contributed by atoms with E-state index in [1.807, 2.05) is 0 Å². The van der Waals surface area contributed by atoms with Crippen LogP contribution in [0.3, 0.4) is 0 Å². The van der Waals surface area contributed by atoms with Crippen molar-refractivity contribution in [2.45, 2.75) is 89.4 Å². The van der Waals surface area contributed by atoms with Gasteiger partial charge in [-0.05, 0) is 24.1 Å². The maximum atomic E-state index is 10.9. The summed E-state index contributed by atoms with van der Waals surface area (Å²) in [5.41, 5.74) is -2.14. The predicted octanol–water partition coefficient (Wildman–Crippen LogP) is 2.32. The van der Waals surface area contributed by atoms with Crippen molar-refractivity contribution in [2.24, 2.45) is 0 Å². The summed E-state index contributed by atoms with van der Waals surface area (Å²) in [6.45, 7) is 2.78. The number of unbranched alkanes of at least 4 members (excludes halogenated alkanes) is 11. The van der Waals surface area contributed by atoms with Gasteiger partial charge in [0.2, 0.25) is 0 Å². The third-order valence-corrected chi connectivity index (χ3v) is 5.82. The quantitative estimate of drug-likeness (QED) is 0.221. The standard InChI is InChI=1S/C22H38O6S.Na/c1-3-4-5-6-7-8-9-10-11-12-13-14-17-28-20-16-15-19(18-21(20)27-2)22(23)29(24,25)26;/h15-16,18,22-23H,3-14,17H2,1-2H3,(H,24,25,26);/q;+1/p-1. The van der Waals surface area contributed by atoms with Gasteiger partial charge in [-0.15, -0.1) is 0 Å². The Kier molecular flexibility index (Phi) is 17.1. The van der Waals surface area contributed by atoms with Crippen LogP contribution >= 0.6 is 0 Å². The molecule has 8 heteroatoms. The van der Waals surface area contributed by atoms with E-state index in [9.17, 15) is 18.1 Å². The molecule has 168 valence electrons. The molecule has 1 aromatic carbocycles. The molecule has 0 aromatic heterocycles. The smallest absolute Gasteiger partial charge is 0.746 e. The summed E-state index contributed by atoms with van der Waals surface area (Å²) < 4.78 is 43.7. The SMILES string of the molecule is CCCCCCCCCCCCCCOc1ccc(C(O)S(=O)(=O)[O-])cc1OC.[Na+]. The van der Waals surface area contributed by atoms with E-state index in [-0.39, 0.29) is 35.1 Å². The molecule has 0 spiro atoms. The zero-order valence-corrected chi connectivity index (χ0v) is 21.7. The second kappa shape index (κ2) is 17.3. The first-order valence-electron chi connectivity index (χ1n) is 10.8. The van der Waals surface area contributed by atoms with Gasteiger partial charge in [-0.25, -0.2) is 8.42 Å². The van der Waals surface area contributed by atoms with Gasteiger partial charge in [0, 0.05) is 0 Å². The summed E-state index contributed by atoms with van der Waals surface area (Å²) in [4.78, 5) is 0. The molecule has 0 radical (unpaired) electrons. The van der Waals surface area contributed by atoms with Crippen LogP contribution in [-0.4, -0.2) is 31.8 Å². The molecule has 0 amide bonds. The molecule has 6 nitrogen and oxygen atoms in total. The summed E-state index contributed by atoms with van der Waals surface area (Å²) in [6.07, 6.45) is 15.3. The minimum atomic E-state index is -4.83. The predicted molar refractivity (Wildman–Crippen MR) is 114 cm³/mol. The summed E-state index contributed by atoms with van der Waals surface area (Å²) in [5, 5.41) is 9.57. The second-order valence-electron chi connectivity index (χ2n) is 7.49. The topological polar surface area (TPSA) is 95.9 Å². The van der Waals surface area contributed by atoms with Crippen molar-refractivity contribution < 1.29 is 57.1 Å². The normalized spacial score (nSPS) is 12.3. The van der Waals surface area contributed by atoms with Crippen LogP contribution in [0.4, 0.5) is 0 Å². The molecule has 0 saturated heterocycles. The second-order valence-corrected chi connectivity index (χ2v) is 8.93. The third kappa shape index (κ3) is 12.5. The summed E-state index contributed by atoms with van der Waals surface area (Å²) in [7, 11) is -3.40. The van der Waals surface area contributed by atoms with E-state index in [2.05, 4.69) is 6.92 Å². The number of aliphatic hydroxyl groups excluding tert-OH is 1. The number of methoxy groups -OCH3 is 1. The van der Waals surface area contributed by atoms with Crippen LogP contribution in [0.25, 0.3) is 0 Å². The van der Waals surface area contributed by atoms with E-state index in [1.165, 1.54) is 89.5 Å². The number of rotatable bonds is 17. The first-order valence-corrected chi connectivity index (χ1v) is 12.3. The molecule has 1 atom stereocenters. The van der Waals surface area contributed by atoms with Gasteiger partial charge >= 0.3 is 29.6 Å². The minimum absolute atomic E-state index is 0. The average molecular weight is 453 g/mol. The van der Waals surface area contributed by atoms with Gasteiger partial charge in [0.05, 0.1) is 13.7 Å². The molecule has 0 saturated carbocycles. The Balaban J connectivity index is 0.00000841. The molecule has 0 aliphatic carbocycles. The Morgan fingerprint density at radius 2 is 1.40 bits per heavy atom. The Morgan fingerprint density at radius 1 is 0.900 bits per heavy atom.